The van der Waals surface area contributed by atoms with Crippen molar-refractivity contribution in [2.45, 2.75) is 0 Å². The molecule has 0 fully saturated rings. The molecule has 0 aliphatic carbocycles. The molecule has 0 bridgehead atoms. The van der Waals surface area contributed by atoms with E-state index < -0.39 is 11.6 Å². The molecule has 0 aliphatic heterocycles. The smallest absolute Gasteiger partial charge is 0.216 e. The highest BCUT2D eigenvalue weighted by atomic mass is 35.5. The Kier molecular flexibility index (Phi) is 3.03. The molecule has 2 aromatic carbocycles. The van der Waals surface area contributed by atoms with Gasteiger partial charge in [-0.15, -0.1) is 0 Å². The van der Waals surface area contributed by atoms with Crippen molar-refractivity contribution in [3.05, 3.63) is 64.6 Å². The van der Waals surface area contributed by atoms with Gasteiger partial charge in [0.1, 0.15) is 11.5 Å². The van der Waals surface area contributed by atoms with Crippen LogP contribution < -0.4 is 0 Å². The molecule has 0 unspecified atom stereocenters. The van der Waals surface area contributed by atoms with Gasteiger partial charge in [-0.3, -0.25) is 9.48 Å². The maximum atomic E-state index is 13.9. The first-order valence-corrected chi connectivity index (χ1v) is 6.37. The van der Waals surface area contributed by atoms with E-state index in [1.165, 1.54) is 12.1 Å². The number of aryl methyl sites for hydroxylation is 1. The second-order valence-corrected chi connectivity index (χ2v) is 4.88. The standard InChI is InChI=1S/C15H10ClFN2O/c1-19-13-5-3-2-4-11(13)14(18-19)15(20)10-7-6-9(16)8-12(10)17/h2-8H,1H3. The number of halogens is 2. The van der Waals surface area contributed by atoms with E-state index in [1.807, 2.05) is 18.2 Å². The molecule has 0 saturated heterocycles. The summed E-state index contributed by atoms with van der Waals surface area (Å²) in [5.74, 6) is -1.09. The number of nitrogens with zero attached hydrogens (tertiary/aromatic N) is 2. The molecule has 1 aromatic heterocycles. The van der Waals surface area contributed by atoms with Crippen LogP contribution in [0.15, 0.2) is 42.5 Å². The molecule has 0 amide bonds. The zero-order valence-corrected chi connectivity index (χ0v) is 11.4. The Morgan fingerprint density at radius 3 is 2.75 bits per heavy atom. The molecule has 5 heteroatoms. The zero-order valence-electron chi connectivity index (χ0n) is 10.6. The van der Waals surface area contributed by atoms with E-state index >= 15 is 0 Å². The van der Waals surface area contributed by atoms with Gasteiger partial charge in [0.15, 0.2) is 0 Å². The molecule has 0 N–H and O–H groups in total. The number of carbonyl (C=O) groups is 1. The molecular formula is C15H10ClFN2O. The van der Waals surface area contributed by atoms with E-state index in [4.69, 9.17) is 11.6 Å². The van der Waals surface area contributed by atoms with Crippen LogP contribution in [0.1, 0.15) is 16.1 Å². The molecule has 20 heavy (non-hydrogen) atoms. The van der Waals surface area contributed by atoms with Gasteiger partial charge < -0.3 is 0 Å². The highest BCUT2D eigenvalue weighted by Crippen LogP contribution is 2.22. The number of ketones is 1. The van der Waals surface area contributed by atoms with E-state index in [0.29, 0.717) is 5.39 Å². The minimum atomic E-state index is -0.641. The predicted molar refractivity (Wildman–Crippen MR) is 75.6 cm³/mol. The van der Waals surface area contributed by atoms with Gasteiger partial charge in [0.25, 0.3) is 0 Å². The summed E-state index contributed by atoms with van der Waals surface area (Å²) in [6.45, 7) is 0. The number of rotatable bonds is 2. The number of benzene rings is 2. The fourth-order valence-electron chi connectivity index (χ4n) is 2.18. The number of aromatic nitrogens is 2. The van der Waals surface area contributed by atoms with Gasteiger partial charge in [0, 0.05) is 17.5 Å². The lowest BCUT2D eigenvalue weighted by molar-refractivity contribution is 0.103. The van der Waals surface area contributed by atoms with Gasteiger partial charge in [0.05, 0.1) is 11.1 Å². The van der Waals surface area contributed by atoms with Crippen molar-refractivity contribution in [1.29, 1.82) is 0 Å². The molecule has 0 saturated carbocycles. The summed E-state index contributed by atoms with van der Waals surface area (Å²) < 4.78 is 15.5. The molecular weight excluding hydrogens is 279 g/mol. The summed E-state index contributed by atoms with van der Waals surface area (Å²) in [6.07, 6.45) is 0. The number of hydrogen-bond donors (Lipinski definition) is 0. The minimum Gasteiger partial charge on any atom is -0.287 e. The Morgan fingerprint density at radius 1 is 1.25 bits per heavy atom. The van der Waals surface area contributed by atoms with Crippen LogP contribution in [0.3, 0.4) is 0 Å². The highest BCUT2D eigenvalue weighted by molar-refractivity contribution is 6.30. The van der Waals surface area contributed by atoms with Crippen LogP contribution in [-0.2, 0) is 7.05 Å². The normalized spacial score (nSPS) is 10.9. The van der Waals surface area contributed by atoms with Crippen LogP contribution in [0.2, 0.25) is 5.02 Å². The lowest BCUT2D eigenvalue weighted by atomic mass is 10.0. The first-order valence-electron chi connectivity index (χ1n) is 5.99. The maximum Gasteiger partial charge on any atom is 0.216 e. The van der Waals surface area contributed by atoms with Crippen molar-refractivity contribution in [2.24, 2.45) is 7.05 Å². The van der Waals surface area contributed by atoms with E-state index in [0.717, 1.165) is 11.6 Å². The van der Waals surface area contributed by atoms with Gasteiger partial charge >= 0.3 is 0 Å². The van der Waals surface area contributed by atoms with E-state index in [2.05, 4.69) is 5.10 Å². The number of carbonyl (C=O) groups excluding carboxylic acids is 1. The Morgan fingerprint density at radius 2 is 2.00 bits per heavy atom. The van der Waals surface area contributed by atoms with Gasteiger partial charge in [-0.2, -0.15) is 5.10 Å². The van der Waals surface area contributed by atoms with Crippen molar-refractivity contribution in [3.63, 3.8) is 0 Å². The molecule has 0 aliphatic rings. The molecule has 0 spiro atoms. The average Bonchev–Trinajstić information content (AvgIpc) is 2.76. The topological polar surface area (TPSA) is 34.9 Å². The Bertz CT molecular complexity index is 826. The Balaban J connectivity index is 2.18. The van der Waals surface area contributed by atoms with E-state index in [1.54, 1.807) is 17.8 Å². The van der Waals surface area contributed by atoms with Crippen molar-refractivity contribution in [2.75, 3.05) is 0 Å². The van der Waals surface area contributed by atoms with Gasteiger partial charge in [0.2, 0.25) is 5.78 Å². The third-order valence-corrected chi connectivity index (χ3v) is 3.38. The largest absolute Gasteiger partial charge is 0.287 e. The zero-order chi connectivity index (χ0) is 14.3. The fraction of sp³-hybridized carbons (Fsp3) is 0.0667. The summed E-state index contributed by atoms with van der Waals surface area (Å²) >= 11 is 5.70. The third-order valence-electron chi connectivity index (χ3n) is 3.15. The molecule has 0 radical (unpaired) electrons. The fourth-order valence-corrected chi connectivity index (χ4v) is 2.34. The van der Waals surface area contributed by atoms with Crippen LogP contribution in [0.25, 0.3) is 10.9 Å². The summed E-state index contributed by atoms with van der Waals surface area (Å²) in [7, 11) is 1.75. The predicted octanol–water partition coefficient (Wildman–Crippen LogP) is 3.60. The highest BCUT2D eigenvalue weighted by Gasteiger charge is 2.20. The lowest BCUT2D eigenvalue weighted by Crippen LogP contribution is -2.06. The van der Waals surface area contributed by atoms with Crippen LogP contribution in [0.4, 0.5) is 4.39 Å². The van der Waals surface area contributed by atoms with Gasteiger partial charge in [-0.25, -0.2) is 4.39 Å². The summed E-state index contributed by atoms with van der Waals surface area (Å²) in [4.78, 5) is 12.4. The molecule has 1 heterocycles. The van der Waals surface area contributed by atoms with Crippen molar-refractivity contribution in [3.8, 4) is 0 Å². The van der Waals surface area contributed by atoms with Crippen molar-refractivity contribution >= 4 is 28.3 Å². The van der Waals surface area contributed by atoms with Crippen LogP contribution in [0, 0.1) is 5.82 Å². The lowest BCUT2D eigenvalue weighted by Gasteiger charge is -2.01. The molecule has 3 aromatic rings. The van der Waals surface area contributed by atoms with Crippen LogP contribution in [-0.4, -0.2) is 15.6 Å². The quantitative estimate of drug-likeness (QED) is 0.675. The van der Waals surface area contributed by atoms with E-state index in [-0.39, 0.29) is 16.3 Å². The molecule has 100 valence electrons. The van der Waals surface area contributed by atoms with Crippen LogP contribution >= 0.6 is 11.6 Å². The SMILES string of the molecule is Cn1nc(C(=O)c2ccc(Cl)cc2F)c2ccccc21. The van der Waals surface area contributed by atoms with E-state index in [9.17, 15) is 9.18 Å². The second kappa shape index (κ2) is 4.72. The molecule has 3 rings (SSSR count). The summed E-state index contributed by atoms with van der Waals surface area (Å²) in [5, 5.41) is 5.15. The Labute approximate surface area is 119 Å². The average molecular weight is 289 g/mol. The summed E-state index contributed by atoms with van der Waals surface area (Å²) in [5.41, 5.74) is 1.03. The molecule has 3 nitrogen and oxygen atoms in total. The van der Waals surface area contributed by atoms with Gasteiger partial charge in [-0.05, 0) is 24.3 Å². The monoisotopic (exact) mass is 288 g/mol. The van der Waals surface area contributed by atoms with Crippen LogP contribution in [0.5, 0.6) is 0 Å². The van der Waals surface area contributed by atoms with Crippen molar-refractivity contribution in [1.82, 2.24) is 9.78 Å². The molecule has 0 atom stereocenters. The first-order chi connectivity index (χ1) is 9.58. The summed E-state index contributed by atoms with van der Waals surface area (Å²) in [6, 6.07) is 11.3. The minimum absolute atomic E-state index is 0.0294. The number of hydrogen-bond acceptors (Lipinski definition) is 2. The maximum absolute atomic E-state index is 13.9. The second-order valence-electron chi connectivity index (χ2n) is 4.44. The van der Waals surface area contributed by atoms with Crippen molar-refractivity contribution < 1.29 is 9.18 Å². The van der Waals surface area contributed by atoms with Gasteiger partial charge in [-0.1, -0.05) is 29.8 Å². The Hall–Kier alpha value is -2.20. The number of fused-ring (bicyclic) bond motifs is 1. The third kappa shape index (κ3) is 1.98. The first kappa shape index (κ1) is 12.8. The number of para-hydroxylation sites is 1.